The van der Waals surface area contributed by atoms with Gasteiger partial charge in [0, 0.05) is 42.9 Å². The number of carbonyl (C=O) groups excluding carboxylic acids is 1. The van der Waals surface area contributed by atoms with Crippen molar-refractivity contribution >= 4 is 11.7 Å². The fraction of sp³-hybridized carbons (Fsp3) is 0.429. The third-order valence-corrected chi connectivity index (χ3v) is 6.75. The highest BCUT2D eigenvalue weighted by Crippen LogP contribution is 2.42. The lowest BCUT2D eigenvalue weighted by Crippen LogP contribution is -2.46. The van der Waals surface area contributed by atoms with Gasteiger partial charge >= 0.3 is 18.4 Å². The van der Waals surface area contributed by atoms with Gasteiger partial charge in [0.1, 0.15) is 11.4 Å². The summed E-state index contributed by atoms with van der Waals surface area (Å²) in [4.78, 5) is 12.4. The monoisotopic (exact) mass is 583 g/mol. The molecule has 7 nitrogen and oxygen atoms in total. The number of anilines is 1. The van der Waals surface area contributed by atoms with Crippen LogP contribution in [0.4, 0.5) is 36.8 Å². The van der Waals surface area contributed by atoms with Gasteiger partial charge in [0.15, 0.2) is 5.92 Å². The predicted octanol–water partition coefficient (Wildman–Crippen LogP) is 6.47. The average molecular weight is 584 g/mol. The lowest BCUT2D eigenvalue weighted by atomic mass is 9.98. The number of nitrogens with zero attached hydrogens (tertiary/aromatic N) is 3. The molecule has 0 saturated carbocycles. The molecule has 41 heavy (non-hydrogen) atoms. The maximum absolute atomic E-state index is 13.4. The van der Waals surface area contributed by atoms with E-state index in [2.05, 4.69) is 5.32 Å². The molecule has 0 fully saturated rings. The third-order valence-electron chi connectivity index (χ3n) is 6.75. The van der Waals surface area contributed by atoms with Crippen molar-refractivity contribution in [3.05, 3.63) is 59.3 Å². The summed E-state index contributed by atoms with van der Waals surface area (Å²) in [5.41, 5.74) is 9.24. The number of alkyl halides is 6. The van der Waals surface area contributed by atoms with Crippen LogP contribution in [0.2, 0.25) is 0 Å². The van der Waals surface area contributed by atoms with Crippen LogP contribution in [-0.4, -0.2) is 52.8 Å². The van der Waals surface area contributed by atoms with Gasteiger partial charge in [-0.3, -0.25) is 4.90 Å². The molecule has 4 rings (SSSR count). The number of primary amides is 1. The number of nitrogens with two attached hydrogens (primary N) is 1. The van der Waals surface area contributed by atoms with Gasteiger partial charge in [-0.05, 0) is 36.6 Å². The second kappa shape index (κ2) is 11.6. The maximum atomic E-state index is 13.4. The molecule has 1 aliphatic rings. The van der Waals surface area contributed by atoms with E-state index in [0.717, 1.165) is 5.56 Å². The minimum atomic E-state index is -5.43. The van der Waals surface area contributed by atoms with Crippen molar-refractivity contribution in [1.29, 1.82) is 0 Å². The van der Waals surface area contributed by atoms with Crippen molar-refractivity contribution in [3.63, 3.8) is 0 Å². The van der Waals surface area contributed by atoms with Crippen molar-refractivity contribution in [2.24, 2.45) is 17.6 Å². The number of para-hydroxylation sites is 1. The summed E-state index contributed by atoms with van der Waals surface area (Å²) in [6, 6.07) is 11.3. The molecular formula is C28H31F6N5O2. The van der Waals surface area contributed by atoms with E-state index in [1.165, 1.54) is 4.90 Å². The molecule has 3 N–H and O–H groups in total. The number of urea groups is 1. The molecule has 2 aromatic carbocycles. The molecular weight excluding hydrogens is 552 g/mol. The molecule has 0 bridgehead atoms. The van der Waals surface area contributed by atoms with Crippen LogP contribution in [0.1, 0.15) is 30.7 Å². The fourth-order valence-corrected chi connectivity index (χ4v) is 4.82. The Bertz CT molecular complexity index is 1370. The highest BCUT2D eigenvalue weighted by Gasteiger charge is 2.57. The summed E-state index contributed by atoms with van der Waals surface area (Å²) in [7, 11) is 0. The van der Waals surface area contributed by atoms with Crippen molar-refractivity contribution < 1.29 is 35.9 Å². The normalized spacial score (nSPS) is 14.4. The van der Waals surface area contributed by atoms with Gasteiger partial charge in [-0.1, -0.05) is 38.1 Å². The zero-order valence-electron chi connectivity index (χ0n) is 22.7. The molecule has 0 unspecified atom stereocenters. The van der Waals surface area contributed by atoms with Crippen LogP contribution < -0.4 is 15.8 Å². The average Bonchev–Trinajstić information content (AvgIpc) is 3.23. The molecule has 2 heterocycles. The van der Waals surface area contributed by atoms with Crippen molar-refractivity contribution in [3.8, 4) is 22.7 Å². The van der Waals surface area contributed by atoms with Gasteiger partial charge in [0.05, 0.1) is 18.0 Å². The first-order chi connectivity index (χ1) is 19.1. The summed E-state index contributed by atoms with van der Waals surface area (Å²) in [5.74, 6) is -2.71. The second-order valence-electron chi connectivity index (χ2n) is 10.5. The Morgan fingerprint density at radius 2 is 1.73 bits per heavy atom. The quantitative estimate of drug-likeness (QED) is 0.298. The predicted molar refractivity (Wildman–Crippen MR) is 142 cm³/mol. The SMILES string of the molecule is Cc1cccc(OCC(C)C)c1-n1nc2c(c1-c1ccc(NC(N)=O)cc1)CN(CC(C(F)(F)F)C(F)(F)F)CC2. The van der Waals surface area contributed by atoms with E-state index in [1.54, 1.807) is 35.0 Å². The summed E-state index contributed by atoms with van der Waals surface area (Å²) in [6.45, 7) is 4.89. The maximum Gasteiger partial charge on any atom is 0.401 e. The van der Waals surface area contributed by atoms with Crippen LogP contribution in [0.5, 0.6) is 5.75 Å². The van der Waals surface area contributed by atoms with E-state index < -0.39 is 30.8 Å². The molecule has 0 aliphatic carbocycles. The number of halogens is 6. The first-order valence-electron chi connectivity index (χ1n) is 13.0. The number of hydrogen-bond donors (Lipinski definition) is 2. The summed E-state index contributed by atoms with van der Waals surface area (Å²) in [6.07, 6.45) is -10.7. The Morgan fingerprint density at radius 3 is 2.32 bits per heavy atom. The number of hydrogen-bond acceptors (Lipinski definition) is 4. The largest absolute Gasteiger partial charge is 0.491 e. The highest BCUT2D eigenvalue weighted by molar-refractivity contribution is 5.88. The van der Waals surface area contributed by atoms with Gasteiger partial charge in [0.2, 0.25) is 0 Å². The number of carbonyl (C=O) groups is 1. The van der Waals surface area contributed by atoms with Crippen molar-refractivity contribution in [2.75, 3.05) is 25.0 Å². The zero-order chi connectivity index (χ0) is 30.1. The fourth-order valence-electron chi connectivity index (χ4n) is 4.82. The van der Waals surface area contributed by atoms with Gasteiger partial charge in [-0.25, -0.2) is 9.48 Å². The van der Waals surface area contributed by atoms with E-state index in [0.29, 0.717) is 46.2 Å². The number of benzene rings is 2. The number of aromatic nitrogens is 2. The first kappa shape index (κ1) is 30.2. The Hall–Kier alpha value is -3.74. The van der Waals surface area contributed by atoms with E-state index in [-0.39, 0.29) is 25.4 Å². The second-order valence-corrected chi connectivity index (χ2v) is 10.5. The minimum Gasteiger partial charge on any atom is -0.491 e. The van der Waals surface area contributed by atoms with Crippen molar-refractivity contribution in [2.45, 2.75) is 46.1 Å². The molecule has 13 heteroatoms. The number of ether oxygens (including phenoxy) is 1. The molecule has 222 valence electrons. The van der Waals surface area contributed by atoms with E-state index in [4.69, 9.17) is 15.6 Å². The van der Waals surface area contributed by atoms with Crippen LogP contribution in [-0.2, 0) is 13.0 Å². The number of rotatable bonds is 8. The number of amides is 2. The van der Waals surface area contributed by atoms with Gasteiger partial charge in [0.25, 0.3) is 0 Å². The standard InChI is InChI=1S/C28H31F6N5O2/c1-16(2)15-41-22-6-4-5-17(3)24(22)39-25(18-7-9-19(10-8-18)36-26(35)40)20-13-38(12-11-21(20)37-39)14-23(27(29,30)31)28(32,33)34/h4-10,16,23H,11-15H2,1-3H3,(H3,35,36,40). The highest BCUT2D eigenvalue weighted by atomic mass is 19.4. The Balaban J connectivity index is 1.83. The lowest BCUT2D eigenvalue weighted by molar-refractivity contribution is -0.287. The number of nitrogens with one attached hydrogen (secondary N) is 1. The van der Waals surface area contributed by atoms with Crippen LogP contribution in [0.25, 0.3) is 16.9 Å². The molecule has 0 radical (unpaired) electrons. The van der Waals surface area contributed by atoms with E-state index in [9.17, 15) is 31.1 Å². The molecule has 0 saturated heterocycles. The van der Waals surface area contributed by atoms with Crippen LogP contribution in [0, 0.1) is 18.8 Å². The Kier molecular flexibility index (Phi) is 8.57. The third kappa shape index (κ3) is 6.95. The van der Waals surface area contributed by atoms with Gasteiger partial charge in [-0.15, -0.1) is 0 Å². The molecule has 2 amide bonds. The molecule has 0 spiro atoms. The van der Waals surface area contributed by atoms with Gasteiger partial charge < -0.3 is 15.8 Å². The Morgan fingerprint density at radius 1 is 1.07 bits per heavy atom. The Labute approximate surface area is 233 Å². The van der Waals surface area contributed by atoms with Crippen LogP contribution in [0.15, 0.2) is 42.5 Å². The summed E-state index contributed by atoms with van der Waals surface area (Å²) in [5, 5.41) is 7.27. The minimum absolute atomic E-state index is 0.0158. The number of fused-ring (bicyclic) bond motifs is 1. The summed E-state index contributed by atoms with van der Waals surface area (Å²) >= 11 is 0. The van der Waals surface area contributed by atoms with E-state index in [1.807, 2.05) is 32.9 Å². The number of aryl methyl sites for hydroxylation is 1. The van der Waals surface area contributed by atoms with Crippen LogP contribution in [0.3, 0.4) is 0 Å². The molecule has 1 aromatic heterocycles. The van der Waals surface area contributed by atoms with Crippen molar-refractivity contribution in [1.82, 2.24) is 14.7 Å². The first-order valence-corrected chi connectivity index (χ1v) is 13.0. The lowest BCUT2D eigenvalue weighted by Gasteiger charge is -2.32. The van der Waals surface area contributed by atoms with E-state index >= 15 is 0 Å². The zero-order valence-corrected chi connectivity index (χ0v) is 22.7. The molecule has 1 aliphatic heterocycles. The smallest absolute Gasteiger partial charge is 0.401 e. The van der Waals surface area contributed by atoms with Crippen LogP contribution >= 0.6 is 0 Å². The topological polar surface area (TPSA) is 85.4 Å². The molecule has 3 aromatic rings. The molecule has 0 atom stereocenters. The summed E-state index contributed by atoms with van der Waals surface area (Å²) < 4.78 is 87.9. The van der Waals surface area contributed by atoms with Gasteiger partial charge in [-0.2, -0.15) is 31.4 Å².